The quantitative estimate of drug-likeness (QED) is 0.736. The Morgan fingerprint density at radius 2 is 2.21 bits per heavy atom. The summed E-state index contributed by atoms with van der Waals surface area (Å²) >= 11 is 5.21. The molecule has 0 bridgehead atoms. The number of fused-ring (bicyclic) bond motifs is 1. The van der Waals surface area contributed by atoms with Gasteiger partial charge in [0.25, 0.3) is 0 Å². The molecule has 1 aromatic heterocycles. The number of carboxylic acid groups (broad SMARTS) is 1. The Morgan fingerprint density at radius 3 is 2.86 bits per heavy atom. The average molecular weight is 228 g/mol. The summed E-state index contributed by atoms with van der Waals surface area (Å²) < 4.78 is 14.0. The molecule has 0 aliphatic rings. The van der Waals surface area contributed by atoms with E-state index in [-0.39, 0.29) is 10.9 Å². The highest BCUT2D eigenvalue weighted by molar-refractivity contribution is 7.80. The third-order valence-electron chi connectivity index (χ3n) is 1.84. The Hall–Kier alpha value is -1.07. The molecular weight excluding hydrogens is 223 g/mol. The summed E-state index contributed by atoms with van der Waals surface area (Å²) in [7, 11) is 0. The number of halogens is 1. The van der Waals surface area contributed by atoms with Crippen molar-refractivity contribution in [2.45, 2.75) is 4.90 Å². The van der Waals surface area contributed by atoms with Crippen LogP contribution in [0, 0.1) is 5.82 Å². The lowest BCUT2D eigenvalue weighted by Crippen LogP contribution is -1.95. The Bertz CT molecular complexity index is 519. The highest BCUT2D eigenvalue weighted by atomic mass is 32.1. The van der Waals surface area contributed by atoms with Gasteiger partial charge in [0, 0.05) is 20.4 Å². The van der Waals surface area contributed by atoms with Gasteiger partial charge in [0.2, 0.25) is 0 Å². The standard InChI is InChI=1S/C9H5FO2S2/c10-6-1-4(13)2-7-8(6)5(3-14-7)9(11)12/h1-3,13H,(H,11,12). The van der Waals surface area contributed by atoms with Crippen molar-refractivity contribution in [3.05, 3.63) is 28.9 Å². The number of benzene rings is 1. The van der Waals surface area contributed by atoms with Gasteiger partial charge in [-0.2, -0.15) is 0 Å². The monoisotopic (exact) mass is 228 g/mol. The molecule has 2 rings (SSSR count). The van der Waals surface area contributed by atoms with E-state index in [9.17, 15) is 9.18 Å². The van der Waals surface area contributed by atoms with Crippen LogP contribution in [0.1, 0.15) is 10.4 Å². The third-order valence-corrected chi connectivity index (χ3v) is 3.03. The van der Waals surface area contributed by atoms with Crippen LogP contribution in [0.2, 0.25) is 0 Å². The highest BCUT2D eigenvalue weighted by Gasteiger charge is 2.14. The molecule has 14 heavy (non-hydrogen) atoms. The van der Waals surface area contributed by atoms with E-state index in [4.69, 9.17) is 5.11 Å². The van der Waals surface area contributed by atoms with Crippen LogP contribution in [0.4, 0.5) is 4.39 Å². The Labute approximate surface area is 88.4 Å². The molecule has 1 heterocycles. The fourth-order valence-electron chi connectivity index (χ4n) is 1.26. The van der Waals surface area contributed by atoms with Crippen LogP contribution >= 0.6 is 24.0 Å². The van der Waals surface area contributed by atoms with E-state index in [0.717, 1.165) is 0 Å². The summed E-state index contributed by atoms with van der Waals surface area (Å²) in [5.41, 5.74) is 0.0100. The summed E-state index contributed by atoms with van der Waals surface area (Å²) in [5, 5.41) is 10.4. The van der Waals surface area contributed by atoms with Gasteiger partial charge in [0.05, 0.1) is 5.56 Å². The number of thiol groups is 1. The summed E-state index contributed by atoms with van der Waals surface area (Å²) in [6.45, 7) is 0. The van der Waals surface area contributed by atoms with Gasteiger partial charge in [-0.25, -0.2) is 9.18 Å². The summed E-state index contributed by atoms with van der Waals surface area (Å²) in [4.78, 5) is 11.2. The zero-order valence-electron chi connectivity index (χ0n) is 6.82. The molecule has 5 heteroatoms. The van der Waals surface area contributed by atoms with Crippen LogP contribution in [0.25, 0.3) is 10.1 Å². The van der Waals surface area contributed by atoms with Gasteiger partial charge < -0.3 is 5.11 Å². The van der Waals surface area contributed by atoms with Crippen molar-refractivity contribution in [3.63, 3.8) is 0 Å². The van der Waals surface area contributed by atoms with Crippen LogP contribution in [0.3, 0.4) is 0 Å². The number of thiophene rings is 1. The lowest BCUT2D eigenvalue weighted by molar-refractivity contribution is 0.0699. The van der Waals surface area contributed by atoms with Crippen molar-refractivity contribution in [1.29, 1.82) is 0 Å². The number of rotatable bonds is 1. The van der Waals surface area contributed by atoms with Crippen LogP contribution in [0.5, 0.6) is 0 Å². The molecule has 0 spiro atoms. The van der Waals surface area contributed by atoms with Crippen molar-refractivity contribution in [3.8, 4) is 0 Å². The minimum atomic E-state index is -1.11. The molecule has 0 unspecified atom stereocenters. The van der Waals surface area contributed by atoms with Gasteiger partial charge in [0.15, 0.2) is 0 Å². The molecule has 0 saturated heterocycles. The van der Waals surface area contributed by atoms with Crippen molar-refractivity contribution in [1.82, 2.24) is 0 Å². The lowest BCUT2D eigenvalue weighted by Gasteiger charge is -1.96. The molecule has 1 N–H and O–H groups in total. The van der Waals surface area contributed by atoms with Gasteiger partial charge in [-0.15, -0.1) is 24.0 Å². The molecule has 1 aromatic carbocycles. The van der Waals surface area contributed by atoms with E-state index in [1.54, 1.807) is 6.07 Å². The highest BCUT2D eigenvalue weighted by Crippen LogP contribution is 2.30. The number of carboxylic acids is 1. The van der Waals surface area contributed by atoms with Crippen molar-refractivity contribution < 1.29 is 14.3 Å². The molecule has 0 aliphatic heterocycles. The fourth-order valence-corrected chi connectivity index (χ4v) is 2.57. The predicted octanol–water partition coefficient (Wildman–Crippen LogP) is 3.03. The number of hydrogen-bond acceptors (Lipinski definition) is 3. The van der Waals surface area contributed by atoms with Crippen molar-refractivity contribution >= 4 is 40.0 Å². The molecule has 72 valence electrons. The first-order valence-electron chi connectivity index (χ1n) is 3.72. The first-order chi connectivity index (χ1) is 6.59. The molecule has 0 amide bonds. The van der Waals surface area contributed by atoms with E-state index >= 15 is 0 Å². The zero-order valence-corrected chi connectivity index (χ0v) is 8.53. The van der Waals surface area contributed by atoms with Gasteiger partial charge in [-0.3, -0.25) is 0 Å². The molecule has 0 radical (unpaired) electrons. The van der Waals surface area contributed by atoms with E-state index < -0.39 is 11.8 Å². The maximum absolute atomic E-state index is 13.4. The number of aromatic carboxylic acids is 1. The lowest BCUT2D eigenvalue weighted by atomic mass is 10.2. The molecule has 0 atom stereocenters. The Kier molecular flexibility index (Phi) is 2.20. The maximum atomic E-state index is 13.4. The normalized spacial score (nSPS) is 10.7. The van der Waals surface area contributed by atoms with E-state index in [0.29, 0.717) is 9.60 Å². The molecular formula is C9H5FO2S2. The average Bonchev–Trinajstić information content (AvgIpc) is 2.47. The third kappa shape index (κ3) is 1.38. The second-order valence-corrected chi connectivity index (χ2v) is 4.18. The maximum Gasteiger partial charge on any atom is 0.337 e. The Morgan fingerprint density at radius 1 is 1.50 bits per heavy atom. The van der Waals surface area contributed by atoms with E-state index in [1.165, 1.54) is 22.8 Å². The zero-order chi connectivity index (χ0) is 10.3. The molecule has 0 fully saturated rings. The molecule has 2 nitrogen and oxygen atoms in total. The van der Waals surface area contributed by atoms with Crippen molar-refractivity contribution in [2.24, 2.45) is 0 Å². The van der Waals surface area contributed by atoms with Gasteiger partial charge in [-0.05, 0) is 12.1 Å². The number of hydrogen-bond donors (Lipinski definition) is 2. The van der Waals surface area contributed by atoms with E-state index in [1.807, 2.05) is 0 Å². The van der Waals surface area contributed by atoms with Crippen LogP contribution in [-0.2, 0) is 0 Å². The van der Waals surface area contributed by atoms with Gasteiger partial charge in [0.1, 0.15) is 5.82 Å². The van der Waals surface area contributed by atoms with E-state index in [2.05, 4.69) is 12.6 Å². The Balaban J connectivity index is 2.85. The largest absolute Gasteiger partial charge is 0.478 e. The molecule has 0 saturated carbocycles. The fraction of sp³-hybridized carbons (Fsp3) is 0. The first-order valence-corrected chi connectivity index (χ1v) is 5.05. The van der Waals surface area contributed by atoms with Crippen molar-refractivity contribution in [2.75, 3.05) is 0 Å². The van der Waals surface area contributed by atoms with Crippen LogP contribution in [-0.4, -0.2) is 11.1 Å². The second kappa shape index (κ2) is 3.25. The minimum absolute atomic E-state index is 0.0100. The topological polar surface area (TPSA) is 37.3 Å². The second-order valence-electron chi connectivity index (χ2n) is 2.76. The van der Waals surface area contributed by atoms with Gasteiger partial charge in [-0.1, -0.05) is 0 Å². The number of carbonyl (C=O) groups is 1. The molecule has 0 aliphatic carbocycles. The van der Waals surface area contributed by atoms with Crippen LogP contribution < -0.4 is 0 Å². The smallest absolute Gasteiger partial charge is 0.337 e. The molecule has 2 aromatic rings. The predicted molar refractivity (Wildman–Crippen MR) is 56.0 cm³/mol. The van der Waals surface area contributed by atoms with Gasteiger partial charge >= 0.3 is 5.97 Å². The first kappa shape index (κ1) is 9.48. The summed E-state index contributed by atoms with van der Waals surface area (Å²) in [6.07, 6.45) is 0. The summed E-state index contributed by atoms with van der Waals surface area (Å²) in [6, 6.07) is 2.86. The van der Waals surface area contributed by atoms with Crippen LogP contribution in [0.15, 0.2) is 22.4 Å². The minimum Gasteiger partial charge on any atom is -0.478 e. The SMILES string of the molecule is O=C(O)c1csc2cc(S)cc(F)c12. The summed E-state index contributed by atoms with van der Waals surface area (Å²) in [5.74, 6) is -1.65.